The molecule has 5 heteroatoms. The van der Waals surface area contributed by atoms with E-state index in [1.807, 2.05) is 18.3 Å². The zero-order valence-electron chi connectivity index (χ0n) is 34.1. The van der Waals surface area contributed by atoms with Crippen molar-refractivity contribution in [3.63, 3.8) is 0 Å². The maximum atomic E-state index is 8.76. The van der Waals surface area contributed by atoms with Gasteiger partial charge in [0.15, 0.2) is 0 Å². The van der Waals surface area contributed by atoms with Crippen molar-refractivity contribution in [1.82, 2.24) is 0 Å². The van der Waals surface area contributed by atoms with E-state index in [1.54, 1.807) is 0 Å². The SMILES string of the molecule is O=[CH][Rh].[H-].c1ccc(P(c2ccccc2)c2ccccc2)cc1.c1ccc(P(c2ccccc2)c2ccccc2)cc1.c1ccc(P(c2ccccc2)c2ccccc2)cc1. The van der Waals surface area contributed by atoms with Gasteiger partial charge in [-0.3, -0.25) is 0 Å². The molecule has 0 radical (unpaired) electrons. The summed E-state index contributed by atoms with van der Waals surface area (Å²) in [7, 11) is -1.34. The average molecular weight is 920 g/mol. The number of carbonyl (C=O) groups excluding carboxylic acids is 1. The summed E-state index contributed by atoms with van der Waals surface area (Å²) in [6.07, 6.45) is 0. The van der Waals surface area contributed by atoms with Crippen LogP contribution in [-0.4, -0.2) is 4.88 Å². The Hall–Kier alpha value is -5.44. The van der Waals surface area contributed by atoms with Crippen molar-refractivity contribution in [1.29, 1.82) is 0 Å². The van der Waals surface area contributed by atoms with Crippen LogP contribution in [0, 0.1) is 0 Å². The monoisotopic (exact) mass is 919 g/mol. The van der Waals surface area contributed by atoms with Gasteiger partial charge in [-0.2, -0.15) is 0 Å². The molecule has 0 saturated carbocycles. The van der Waals surface area contributed by atoms with E-state index in [0.717, 1.165) is 0 Å². The molecule has 9 aromatic rings. The fourth-order valence-electron chi connectivity index (χ4n) is 6.54. The van der Waals surface area contributed by atoms with Crippen molar-refractivity contribution in [2.45, 2.75) is 0 Å². The van der Waals surface area contributed by atoms with E-state index in [4.69, 9.17) is 4.79 Å². The second kappa shape index (κ2) is 25.2. The minimum absolute atomic E-state index is 0. The van der Waals surface area contributed by atoms with Gasteiger partial charge in [-0.1, -0.05) is 273 Å². The molecule has 0 unspecified atom stereocenters. The Balaban J connectivity index is 0.000000166. The number of benzene rings is 9. The molecule has 0 amide bonds. The third-order valence-electron chi connectivity index (χ3n) is 9.13. The van der Waals surface area contributed by atoms with Crippen LogP contribution in [-0.2, 0) is 23.1 Å². The first kappa shape index (κ1) is 44.1. The fraction of sp³-hybridized carbons (Fsp3) is 0. The van der Waals surface area contributed by atoms with Crippen molar-refractivity contribution < 1.29 is 24.5 Å². The molecule has 1 nitrogen and oxygen atoms in total. The summed E-state index contributed by atoms with van der Waals surface area (Å²) in [6, 6.07) is 97.0. The first-order valence-electron chi connectivity index (χ1n) is 19.6. The Morgan fingerprint density at radius 2 is 0.317 bits per heavy atom. The van der Waals surface area contributed by atoms with Gasteiger partial charge >= 0.3 is 28.0 Å². The standard InChI is InChI=1S/3C18H15P.CHO.Rh.H/c3*1-4-10-16(11-5-1)19(17-12-6-2-7-13-17)18-14-8-3-9-15-18;1-2;;/h3*1-15H;1H;;/q;;;;;-1. The molecule has 9 rings (SSSR count). The normalized spacial score (nSPS) is 10.3. The van der Waals surface area contributed by atoms with Crippen LogP contribution in [0.3, 0.4) is 0 Å². The van der Waals surface area contributed by atoms with E-state index < -0.39 is 23.8 Å². The largest absolute Gasteiger partial charge is 1.00 e. The summed E-state index contributed by atoms with van der Waals surface area (Å²) in [4.78, 5) is 9.40. The second-order valence-corrected chi connectivity index (χ2v) is 20.2. The van der Waals surface area contributed by atoms with Gasteiger partial charge in [0.05, 0.1) is 0 Å². The molecule has 60 heavy (non-hydrogen) atoms. The quantitative estimate of drug-likeness (QED) is 0.0801. The van der Waals surface area contributed by atoms with Crippen LogP contribution in [0.25, 0.3) is 0 Å². The van der Waals surface area contributed by atoms with E-state index >= 15 is 0 Å². The molecule has 0 aliphatic carbocycles. The van der Waals surface area contributed by atoms with E-state index in [-0.39, 0.29) is 1.43 Å². The Kier molecular flexibility index (Phi) is 18.6. The third kappa shape index (κ3) is 13.3. The van der Waals surface area contributed by atoms with Gasteiger partial charge in [-0.05, 0) is 71.5 Å². The van der Waals surface area contributed by atoms with Gasteiger partial charge in [0.25, 0.3) is 0 Å². The van der Waals surface area contributed by atoms with Crippen LogP contribution in [0.4, 0.5) is 0 Å². The van der Waals surface area contributed by atoms with Gasteiger partial charge in [0.2, 0.25) is 0 Å². The predicted octanol–water partition coefficient (Wildman–Crippen LogP) is 10.2. The molecule has 0 spiro atoms. The Labute approximate surface area is 371 Å². The average Bonchev–Trinajstić information content (AvgIpc) is 3.33. The molecular weight excluding hydrogens is 872 g/mol. The van der Waals surface area contributed by atoms with Crippen LogP contribution in [0.15, 0.2) is 273 Å². The molecule has 0 fully saturated rings. The van der Waals surface area contributed by atoms with Gasteiger partial charge < -0.3 is 1.43 Å². The molecule has 0 aliphatic rings. The second-order valence-electron chi connectivity index (χ2n) is 13.1. The molecule has 0 aliphatic heterocycles. The van der Waals surface area contributed by atoms with Gasteiger partial charge in [0, 0.05) is 0 Å². The van der Waals surface area contributed by atoms with Crippen LogP contribution in [0.1, 0.15) is 1.43 Å². The zero-order valence-corrected chi connectivity index (χ0v) is 37.5. The molecule has 0 heterocycles. The summed E-state index contributed by atoms with van der Waals surface area (Å²) < 4.78 is 0. The molecule has 0 aromatic heterocycles. The van der Waals surface area contributed by atoms with E-state index in [0.29, 0.717) is 4.88 Å². The summed E-state index contributed by atoms with van der Waals surface area (Å²) in [6.45, 7) is 0. The van der Waals surface area contributed by atoms with Crippen LogP contribution < -0.4 is 47.7 Å². The number of hydrogen-bond donors (Lipinski definition) is 0. The number of rotatable bonds is 9. The molecule has 0 bridgehead atoms. The first-order chi connectivity index (χ1) is 29.8. The van der Waals surface area contributed by atoms with Crippen LogP contribution in [0.2, 0.25) is 0 Å². The number of hydrogen-bond acceptors (Lipinski definition) is 1. The maximum absolute atomic E-state index is 8.76. The van der Waals surface area contributed by atoms with Gasteiger partial charge in [-0.25, -0.2) is 0 Å². The van der Waals surface area contributed by atoms with Crippen LogP contribution in [0.5, 0.6) is 0 Å². The van der Waals surface area contributed by atoms with Crippen molar-refractivity contribution >= 4 is 76.4 Å². The Morgan fingerprint density at radius 3 is 0.400 bits per heavy atom. The van der Waals surface area contributed by atoms with Gasteiger partial charge in [0.1, 0.15) is 0 Å². The minimum Gasteiger partial charge on any atom is -1.00 e. The maximum Gasteiger partial charge on any atom is -0.0134 e. The Morgan fingerprint density at radius 1 is 0.233 bits per heavy atom. The topological polar surface area (TPSA) is 17.1 Å². The van der Waals surface area contributed by atoms with Crippen LogP contribution >= 0.6 is 23.8 Å². The smallest absolute Gasteiger partial charge is 0.0134 e. The Bertz CT molecular complexity index is 1930. The fourth-order valence-corrected chi connectivity index (χ4v) is 13.5. The third-order valence-corrected chi connectivity index (χ3v) is 16.5. The van der Waals surface area contributed by atoms with Gasteiger partial charge in [-0.15, -0.1) is 0 Å². The molecule has 0 saturated heterocycles. The molecule has 0 N–H and O–H groups in total. The van der Waals surface area contributed by atoms with Crippen molar-refractivity contribution in [3.05, 3.63) is 273 Å². The summed E-state index contributed by atoms with van der Waals surface area (Å²) in [5.74, 6) is 0. The summed E-state index contributed by atoms with van der Waals surface area (Å²) in [5.41, 5.74) is 0. The van der Waals surface area contributed by atoms with E-state index in [1.165, 1.54) is 47.7 Å². The summed E-state index contributed by atoms with van der Waals surface area (Å²) in [5, 5.41) is 12.6. The van der Waals surface area contributed by atoms with E-state index in [9.17, 15) is 0 Å². The van der Waals surface area contributed by atoms with Crippen molar-refractivity contribution in [3.8, 4) is 0 Å². The number of carbonyl (C=O) groups is 1. The first-order valence-corrected chi connectivity index (χ1v) is 24.6. The molecule has 298 valence electrons. The van der Waals surface area contributed by atoms with Crippen molar-refractivity contribution in [2.24, 2.45) is 0 Å². The molecule has 9 aromatic carbocycles. The molecular formula is C55H47OP3Rh-. The molecule has 0 atom stereocenters. The zero-order chi connectivity index (χ0) is 41.5. The predicted molar refractivity (Wildman–Crippen MR) is 263 cm³/mol. The van der Waals surface area contributed by atoms with E-state index in [2.05, 4.69) is 273 Å². The minimum atomic E-state index is -0.446. The summed E-state index contributed by atoms with van der Waals surface area (Å²) >= 11 is 2.04. The van der Waals surface area contributed by atoms with Crippen molar-refractivity contribution in [2.75, 3.05) is 0 Å².